The van der Waals surface area contributed by atoms with Gasteiger partial charge in [0.2, 0.25) is 11.8 Å². The Morgan fingerprint density at radius 3 is 2.00 bits per heavy atom. The molecule has 0 saturated heterocycles. The average molecular weight is 367 g/mol. The highest BCUT2D eigenvalue weighted by Gasteiger charge is 2.56. The van der Waals surface area contributed by atoms with E-state index in [1.807, 2.05) is 0 Å². The number of hydrogen-bond acceptors (Lipinski definition) is 2. The fourth-order valence-corrected chi connectivity index (χ4v) is 2.81. The molecule has 1 fully saturated rings. The number of nitrogens with one attached hydrogen (secondary N) is 2. The van der Waals surface area contributed by atoms with Gasteiger partial charge in [0.1, 0.15) is 11.2 Å². The topological polar surface area (TPSA) is 58.2 Å². The van der Waals surface area contributed by atoms with Crippen molar-refractivity contribution in [1.29, 1.82) is 0 Å². The third-order valence-electron chi connectivity index (χ3n) is 3.92. The number of carbonyl (C=O) groups excluding carboxylic acids is 2. The lowest BCUT2D eigenvalue weighted by atomic mass is 10.0. The van der Waals surface area contributed by atoms with E-state index in [2.05, 4.69) is 10.6 Å². The lowest BCUT2D eigenvalue weighted by Crippen LogP contribution is -2.35. The van der Waals surface area contributed by atoms with Crippen LogP contribution < -0.4 is 10.6 Å². The SMILES string of the molecule is O=C(Nc1ccc(F)cc1)C1(C(=O)Nc2c(Cl)cccc2Cl)CC1. The van der Waals surface area contributed by atoms with Crippen molar-refractivity contribution in [3.63, 3.8) is 0 Å². The maximum absolute atomic E-state index is 12.9. The predicted octanol–water partition coefficient (Wildman–Crippen LogP) is 4.49. The first kappa shape index (κ1) is 16.7. The number of hydrogen-bond donors (Lipinski definition) is 2. The second kappa shape index (κ2) is 6.42. The number of amides is 2. The molecular formula is C17H13Cl2FN2O2. The van der Waals surface area contributed by atoms with E-state index in [1.54, 1.807) is 18.2 Å². The van der Waals surface area contributed by atoms with Gasteiger partial charge in [-0.2, -0.15) is 0 Å². The quantitative estimate of drug-likeness (QED) is 0.783. The summed E-state index contributed by atoms with van der Waals surface area (Å²) in [4.78, 5) is 25.0. The third kappa shape index (κ3) is 3.23. The zero-order valence-corrected chi connectivity index (χ0v) is 13.9. The molecule has 2 N–H and O–H groups in total. The van der Waals surface area contributed by atoms with Crippen molar-refractivity contribution >= 4 is 46.4 Å². The van der Waals surface area contributed by atoms with Gasteiger partial charge in [-0.05, 0) is 49.2 Å². The van der Waals surface area contributed by atoms with E-state index in [0.717, 1.165) is 0 Å². The summed E-state index contributed by atoms with van der Waals surface area (Å²) in [5.41, 5.74) is -0.445. The predicted molar refractivity (Wildman–Crippen MR) is 91.8 cm³/mol. The standard InChI is InChI=1S/C17H13Cl2FN2O2/c18-12-2-1-3-13(19)14(12)22-16(24)17(8-9-17)15(23)21-11-6-4-10(20)5-7-11/h1-7H,8-9H2,(H,21,23)(H,22,24). The zero-order chi connectivity index (χ0) is 17.3. The Kier molecular flexibility index (Phi) is 4.47. The molecule has 2 aromatic rings. The molecule has 0 heterocycles. The second-order valence-electron chi connectivity index (χ2n) is 5.59. The summed E-state index contributed by atoms with van der Waals surface area (Å²) in [5.74, 6) is -1.30. The number of rotatable bonds is 4. The lowest BCUT2D eigenvalue weighted by Gasteiger charge is -2.16. The molecular weight excluding hydrogens is 354 g/mol. The van der Waals surface area contributed by atoms with Gasteiger partial charge in [0.05, 0.1) is 15.7 Å². The Balaban J connectivity index is 1.74. The van der Waals surface area contributed by atoms with Crippen LogP contribution in [-0.4, -0.2) is 11.8 Å². The fourth-order valence-electron chi connectivity index (χ4n) is 2.32. The van der Waals surface area contributed by atoms with Crippen molar-refractivity contribution in [2.24, 2.45) is 5.41 Å². The van der Waals surface area contributed by atoms with Crippen LogP contribution in [0.4, 0.5) is 15.8 Å². The molecule has 7 heteroatoms. The molecule has 0 bridgehead atoms. The summed E-state index contributed by atoms with van der Waals surface area (Å²) in [6, 6.07) is 10.2. The van der Waals surface area contributed by atoms with E-state index in [0.29, 0.717) is 28.6 Å². The molecule has 0 aromatic heterocycles. The normalized spacial score (nSPS) is 14.8. The first-order valence-corrected chi connectivity index (χ1v) is 8.00. The molecule has 124 valence electrons. The van der Waals surface area contributed by atoms with Gasteiger partial charge in [-0.1, -0.05) is 29.3 Å². The first-order valence-electron chi connectivity index (χ1n) is 7.25. The van der Waals surface area contributed by atoms with Crippen molar-refractivity contribution in [1.82, 2.24) is 0 Å². The maximum atomic E-state index is 12.9. The van der Waals surface area contributed by atoms with Crippen molar-refractivity contribution in [2.75, 3.05) is 10.6 Å². The van der Waals surface area contributed by atoms with Crippen LogP contribution >= 0.6 is 23.2 Å². The molecule has 0 radical (unpaired) electrons. The minimum atomic E-state index is -1.16. The van der Waals surface area contributed by atoms with Crippen molar-refractivity contribution < 1.29 is 14.0 Å². The van der Waals surface area contributed by atoms with E-state index < -0.39 is 23.0 Å². The van der Waals surface area contributed by atoms with E-state index in [4.69, 9.17) is 23.2 Å². The molecule has 24 heavy (non-hydrogen) atoms. The van der Waals surface area contributed by atoms with E-state index >= 15 is 0 Å². The van der Waals surface area contributed by atoms with Crippen LogP contribution in [0, 0.1) is 11.2 Å². The Morgan fingerprint density at radius 1 is 0.917 bits per heavy atom. The van der Waals surface area contributed by atoms with Gasteiger partial charge >= 0.3 is 0 Å². The van der Waals surface area contributed by atoms with Crippen molar-refractivity contribution in [3.8, 4) is 0 Å². The molecule has 4 nitrogen and oxygen atoms in total. The van der Waals surface area contributed by atoms with Crippen LogP contribution in [-0.2, 0) is 9.59 Å². The van der Waals surface area contributed by atoms with Gasteiger partial charge < -0.3 is 10.6 Å². The van der Waals surface area contributed by atoms with E-state index in [1.165, 1.54) is 24.3 Å². The summed E-state index contributed by atoms with van der Waals surface area (Å²) in [6.45, 7) is 0. The van der Waals surface area contributed by atoms with Gasteiger partial charge in [0.25, 0.3) is 0 Å². The Hall–Kier alpha value is -2.11. The minimum Gasteiger partial charge on any atom is -0.325 e. The minimum absolute atomic E-state index is 0.284. The molecule has 2 aromatic carbocycles. The molecule has 1 aliphatic rings. The summed E-state index contributed by atoms with van der Waals surface area (Å²) in [5, 5.41) is 5.86. The van der Waals surface area contributed by atoms with Gasteiger partial charge in [0, 0.05) is 5.69 Å². The summed E-state index contributed by atoms with van der Waals surface area (Å²) in [6.07, 6.45) is 0.849. The maximum Gasteiger partial charge on any atom is 0.240 e. The smallest absolute Gasteiger partial charge is 0.240 e. The van der Waals surface area contributed by atoms with Crippen LogP contribution in [0.2, 0.25) is 10.0 Å². The third-order valence-corrected chi connectivity index (χ3v) is 4.55. The summed E-state index contributed by atoms with van der Waals surface area (Å²) < 4.78 is 12.9. The molecule has 1 saturated carbocycles. The zero-order valence-electron chi connectivity index (χ0n) is 12.4. The molecule has 0 spiro atoms. The highest BCUT2D eigenvalue weighted by molar-refractivity contribution is 6.40. The van der Waals surface area contributed by atoms with E-state index in [-0.39, 0.29) is 5.69 Å². The molecule has 0 unspecified atom stereocenters. The van der Waals surface area contributed by atoms with Crippen LogP contribution in [0.3, 0.4) is 0 Å². The van der Waals surface area contributed by atoms with Crippen molar-refractivity contribution in [2.45, 2.75) is 12.8 Å². The van der Waals surface area contributed by atoms with Gasteiger partial charge in [0.15, 0.2) is 0 Å². The van der Waals surface area contributed by atoms with Crippen LogP contribution in [0.15, 0.2) is 42.5 Å². The van der Waals surface area contributed by atoms with Crippen LogP contribution in [0.5, 0.6) is 0 Å². The number of para-hydroxylation sites is 1. The largest absolute Gasteiger partial charge is 0.325 e. The monoisotopic (exact) mass is 366 g/mol. The Labute approximate surface area is 148 Å². The Bertz CT molecular complexity index is 784. The number of anilines is 2. The van der Waals surface area contributed by atoms with Gasteiger partial charge in [-0.15, -0.1) is 0 Å². The molecule has 2 amide bonds. The molecule has 3 rings (SSSR count). The van der Waals surface area contributed by atoms with Gasteiger partial charge in [-0.3, -0.25) is 9.59 Å². The van der Waals surface area contributed by atoms with Crippen molar-refractivity contribution in [3.05, 3.63) is 58.3 Å². The Morgan fingerprint density at radius 2 is 1.46 bits per heavy atom. The number of halogens is 3. The highest BCUT2D eigenvalue weighted by Crippen LogP contribution is 2.48. The molecule has 0 atom stereocenters. The number of benzene rings is 2. The summed E-state index contributed by atoms with van der Waals surface area (Å²) >= 11 is 12.1. The average Bonchev–Trinajstić information content (AvgIpc) is 3.35. The molecule has 0 aliphatic heterocycles. The van der Waals surface area contributed by atoms with Crippen LogP contribution in [0.25, 0.3) is 0 Å². The van der Waals surface area contributed by atoms with Gasteiger partial charge in [-0.25, -0.2) is 4.39 Å². The van der Waals surface area contributed by atoms with Crippen LogP contribution in [0.1, 0.15) is 12.8 Å². The lowest BCUT2D eigenvalue weighted by molar-refractivity contribution is -0.131. The summed E-state index contributed by atoms with van der Waals surface area (Å²) in [7, 11) is 0. The van der Waals surface area contributed by atoms with E-state index in [9.17, 15) is 14.0 Å². The first-order chi connectivity index (χ1) is 11.4. The highest BCUT2D eigenvalue weighted by atomic mass is 35.5. The number of carbonyl (C=O) groups is 2. The second-order valence-corrected chi connectivity index (χ2v) is 6.41. The fraction of sp³-hybridized carbons (Fsp3) is 0.176. The molecule has 1 aliphatic carbocycles.